The van der Waals surface area contributed by atoms with E-state index >= 15 is 0 Å². The minimum absolute atomic E-state index is 0.0123. The van der Waals surface area contributed by atoms with Crippen molar-refractivity contribution in [1.29, 1.82) is 0 Å². The molecule has 2 heterocycles. The topological polar surface area (TPSA) is 68.8 Å². The number of nitrogens with one attached hydrogen (secondary N) is 1. The van der Waals surface area contributed by atoms with Crippen LogP contribution in [-0.4, -0.2) is 14.8 Å². The molecule has 0 aliphatic carbocycles. The molecule has 3 N–H and O–H groups in total. The Labute approximate surface area is 107 Å². The molecule has 1 unspecified atom stereocenters. The summed E-state index contributed by atoms with van der Waals surface area (Å²) in [5.41, 5.74) is 4.73. The Kier molecular flexibility index (Phi) is 4.07. The maximum atomic E-state index is 5.59. The van der Waals surface area contributed by atoms with E-state index in [2.05, 4.69) is 29.4 Å². The zero-order chi connectivity index (χ0) is 13.0. The first-order valence-corrected chi connectivity index (χ1v) is 6.12. The first-order valence-electron chi connectivity index (χ1n) is 6.12. The van der Waals surface area contributed by atoms with Gasteiger partial charge >= 0.3 is 0 Å². The molecule has 96 valence electrons. The Balaban J connectivity index is 2.10. The molecule has 18 heavy (non-hydrogen) atoms. The number of hydrazine groups is 1. The molecular formula is C13H19N5. The van der Waals surface area contributed by atoms with Crippen molar-refractivity contribution < 1.29 is 0 Å². The Bertz CT molecular complexity index is 477. The van der Waals surface area contributed by atoms with Gasteiger partial charge in [-0.2, -0.15) is 5.10 Å². The van der Waals surface area contributed by atoms with Gasteiger partial charge in [-0.1, -0.05) is 6.07 Å². The van der Waals surface area contributed by atoms with E-state index in [4.69, 9.17) is 5.84 Å². The summed E-state index contributed by atoms with van der Waals surface area (Å²) in [4.78, 5) is 4.31. The van der Waals surface area contributed by atoms with E-state index in [-0.39, 0.29) is 6.04 Å². The molecule has 0 fully saturated rings. The van der Waals surface area contributed by atoms with Crippen molar-refractivity contribution in [1.82, 2.24) is 20.2 Å². The van der Waals surface area contributed by atoms with Crippen LogP contribution in [-0.2, 0) is 6.42 Å². The first kappa shape index (κ1) is 12.7. The van der Waals surface area contributed by atoms with E-state index in [0.717, 1.165) is 17.8 Å². The van der Waals surface area contributed by atoms with Crippen LogP contribution in [0, 0.1) is 0 Å². The molecular weight excluding hydrogens is 226 g/mol. The summed E-state index contributed by atoms with van der Waals surface area (Å²) in [6, 6.07) is 8.20. The van der Waals surface area contributed by atoms with Crippen LogP contribution in [0.3, 0.4) is 0 Å². The van der Waals surface area contributed by atoms with Gasteiger partial charge in [0, 0.05) is 24.9 Å². The summed E-state index contributed by atoms with van der Waals surface area (Å²) < 4.78 is 1.95. The van der Waals surface area contributed by atoms with Crippen molar-refractivity contribution in [2.75, 3.05) is 0 Å². The third-order valence-corrected chi connectivity index (χ3v) is 2.85. The molecule has 1 atom stereocenters. The maximum absolute atomic E-state index is 5.59. The van der Waals surface area contributed by atoms with Crippen LogP contribution < -0.4 is 11.3 Å². The summed E-state index contributed by atoms with van der Waals surface area (Å²) in [6.45, 7) is 4.21. The van der Waals surface area contributed by atoms with E-state index in [9.17, 15) is 0 Å². The fraction of sp³-hybridized carbons (Fsp3) is 0.385. The molecule has 2 aromatic heterocycles. The van der Waals surface area contributed by atoms with Crippen molar-refractivity contribution in [3.63, 3.8) is 0 Å². The number of rotatable bonds is 5. The standard InChI is InChI=1S/C13H19N5/c1-10(2)18-8-6-11(17-18)9-13(16-14)12-5-3-4-7-15-12/h3-8,10,13,16H,9,14H2,1-2H3. The molecule has 0 bridgehead atoms. The van der Waals surface area contributed by atoms with Gasteiger partial charge in [-0.25, -0.2) is 0 Å². The number of aromatic nitrogens is 3. The normalized spacial score (nSPS) is 12.9. The van der Waals surface area contributed by atoms with Gasteiger partial charge < -0.3 is 0 Å². The van der Waals surface area contributed by atoms with Gasteiger partial charge in [0.05, 0.1) is 17.4 Å². The zero-order valence-corrected chi connectivity index (χ0v) is 10.7. The van der Waals surface area contributed by atoms with Crippen LogP contribution in [0.4, 0.5) is 0 Å². The van der Waals surface area contributed by atoms with Crippen LogP contribution in [0.1, 0.15) is 37.3 Å². The summed E-state index contributed by atoms with van der Waals surface area (Å²) in [5.74, 6) is 5.59. The zero-order valence-electron chi connectivity index (χ0n) is 10.7. The Morgan fingerprint density at radius 1 is 1.33 bits per heavy atom. The highest BCUT2D eigenvalue weighted by molar-refractivity contribution is 5.12. The van der Waals surface area contributed by atoms with E-state index in [1.54, 1.807) is 6.20 Å². The average molecular weight is 245 g/mol. The Hall–Kier alpha value is -1.72. The van der Waals surface area contributed by atoms with Crippen LogP contribution in [0.15, 0.2) is 36.7 Å². The molecule has 0 amide bonds. The number of hydrogen-bond donors (Lipinski definition) is 2. The third kappa shape index (κ3) is 2.94. The van der Waals surface area contributed by atoms with Crippen molar-refractivity contribution in [2.45, 2.75) is 32.4 Å². The highest BCUT2D eigenvalue weighted by atomic mass is 15.3. The predicted molar refractivity (Wildman–Crippen MR) is 70.6 cm³/mol. The lowest BCUT2D eigenvalue weighted by atomic mass is 10.1. The van der Waals surface area contributed by atoms with Crippen molar-refractivity contribution in [3.05, 3.63) is 48.0 Å². The van der Waals surface area contributed by atoms with E-state index < -0.39 is 0 Å². The molecule has 0 aromatic carbocycles. The Morgan fingerprint density at radius 3 is 2.72 bits per heavy atom. The SMILES string of the molecule is CC(C)n1ccc(CC(NN)c2ccccn2)n1. The highest BCUT2D eigenvalue weighted by Crippen LogP contribution is 2.15. The lowest BCUT2D eigenvalue weighted by Crippen LogP contribution is -2.30. The molecule has 0 aliphatic heterocycles. The molecule has 0 saturated heterocycles. The van der Waals surface area contributed by atoms with E-state index in [0.29, 0.717) is 6.04 Å². The van der Waals surface area contributed by atoms with Gasteiger partial charge in [-0.05, 0) is 32.0 Å². The summed E-state index contributed by atoms with van der Waals surface area (Å²) in [5, 5.41) is 4.52. The minimum Gasteiger partial charge on any atom is -0.271 e. The van der Waals surface area contributed by atoms with Gasteiger partial charge in [0.1, 0.15) is 0 Å². The predicted octanol–water partition coefficient (Wildman–Crippen LogP) is 1.61. The van der Waals surface area contributed by atoms with Crippen LogP contribution >= 0.6 is 0 Å². The number of nitrogens with two attached hydrogens (primary N) is 1. The summed E-state index contributed by atoms with van der Waals surface area (Å²) in [6.07, 6.45) is 4.49. The first-order chi connectivity index (χ1) is 8.70. The summed E-state index contributed by atoms with van der Waals surface area (Å²) in [7, 11) is 0. The quantitative estimate of drug-likeness (QED) is 0.620. The monoisotopic (exact) mass is 245 g/mol. The van der Waals surface area contributed by atoms with Crippen molar-refractivity contribution in [3.8, 4) is 0 Å². The number of hydrogen-bond acceptors (Lipinski definition) is 4. The number of pyridine rings is 1. The van der Waals surface area contributed by atoms with Crippen LogP contribution in [0.25, 0.3) is 0 Å². The molecule has 0 radical (unpaired) electrons. The third-order valence-electron chi connectivity index (χ3n) is 2.85. The lowest BCUT2D eigenvalue weighted by Gasteiger charge is -2.13. The van der Waals surface area contributed by atoms with Gasteiger partial charge in [0.25, 0.3) is 0 Å². The molecule has 5 nitrogen and oxygen atoms in total. The fourth-order valence-electron chi connectivity index (χ4n) is 1.81. The van der Waals surface area contributed by atoms with Gasteiger partial charge in [-0.15, -0.1) is 0 Å². The maximum Gasteiger partial charge on any atom is 0.0688 e. The molecule has 2 aromatic rings. The Morgan fingerprint density at radius 2 is 2.17 bits per heavy atom. The fourth-order valence-corrected chi connectivity index (χ4v) is 1.81. The van der Waals surface area contributed by atoms with E-state index in [1.165, 1.54) is 0 Å². The van der Waals surface area contributed by atoms with Gasteiger partial charge in [-0.3, -0.25) is 20.9 Å². The second-order valence-corrected chi connectivity index (χ2v) is 4.56. The second kappa shape index (κ2) is 5.75. The molecule has 0 aliphatic rings. The molecule has 0 spiro atoms. The molecule has 0 saturated carbocycles. The van der Waals surface area contributed by atoms with Crippen molar-refractivity contribution in [2.24, 2.45) is 5.84 Å². The average Bonchev–Trinajstić information content (AvgIpc) is 2.86. The molecule has 2 rings (SSSR count). The van der Waals surface area contributed by atoms with E-state index in [1.807, 2.05) is 35.1 Å². The smallest absolute Gasteiger partial charge is 0.0688 e. The van der Waals surface area contributed by atoms with Crippen LogP contribution in [0.5, 0.6) is 0 Å². The largest absolute Gasteiger partial charge is 0.271 e. The highest BCUT2D eigenvalue weighted by Gasteiger charge is 2.13. The minimum atomic E-state index is -0.0123. The van der Waals surface area contributed by atoms with Gasteiger partial charge in [0.2, 0.25) is 0 Å². The van der Waals surface area contributed by atoms with Crippen molar-refractivity contribution >= 4 is 0 Å². The van der Waals surface area contributed by atoms with Gasteiger partial charge in [0.15, 0.2) is 0 Å². The second-order valence-electron chi connectivity index (χ2n) is 4.56. The molecule has 5 heteroatoms. The summed E-state index contributed by atoms with van der Waals surface area (Å²) >= 11 is 0. The lowest BCUT2D eigenvalue weighted by molar-refractivity contribution is 0.502. The number of nitrogens with zero attached hydrogens (tertiary/aromatic N) is 3. The van der Waals surface area contributed by atoms with Crippen LogP contribution in [0.2, 0.25) is 0 Å².